The Labute approximate surface area is 175 Å². The highest BCUT2D eigenvalue weighted by Gasteiger charge is 2.17. The Morgan fingerprint density at radius 2 is 1.56 bits per heavy atom. The van der Waals surface area contributed by atoms with Gasteiger partial charge in [0.25, 0.3) is 0 Å². The van der Waals surface area contributed by atoms with E-state index in [2.05, 4.69) is 60.6 Å². The molecule has 156 valence electrons. The van der Waals surface area contributed by atoms with Gasteiger partial charge in [-0.2, -0.15) is 0 Å². The largest absolute Gasteiger partial charge is 0.460 e. The summed E-state index contributed by atoms with van der Waals surface area (Å²) >= 11 is 0. The third kappa shape index (κ3) is 17.2. The van der Waals surface area contributed by atoms with Crippen LogP contribution in [0.25, 0.3) is 0 Å². The summed E-state index contributed by atoms with van der Waals surface area (Å²) in [6.07, 6.45) is 10.8. The van der Waals surface area contributed by atoms with Gasteiger partial charge in [-0.15, -0.1) is 0 Å². The minimum atomic E-state index is -0.565. The van der Waals surface area contributed by atoms with Gasteiger partial charge in [-0.25, -0.2) is 0 Å². The van der Waals surface area contributed by atoms with E-state index in [-0.39, 0.29) is 10.7 Å². The molecule has 0 aromatic rings. The Morgan fingerprint density at radius 3 is 2.11 bits per heavy atom. The SMILES string of the molecule is CC(C)=CCC/C(C)=C/CC/C(C)=C/COC(=O)[C@@H](N)CSSC(C)(C)C. The molecule has 0 unspecified atom stereocenters. The first-order valence-corrected chi connectivity index (χ1v) is 12.0. The van der Waals surface area contributed by atoms with E-state index in [1.54, 1.807) is 21.6 Å². The molecule has 0 aliphatic carbocycles. The molecular formula is C22H39NO2S2. The van der Waals surface area contributed by atoms with Crippen LogP contribution >= 0.6 is 21.6 Å². The third-order valence-corrected chi connectivity index (χ3v) is 7.01. The Hall–Kier alpha value is -0.650. The molecule has 0 fully saturated rings. The van der Waals surface area contributed by atoms with Crippen molar-refractivity contribution in [3.63, 3.8) is 0 Å². The zero-order chi connectivity index (χ0) is 20.9. The van der Waals surface area contributed by atoms with Crippen molar-refractivity contribution in [3.8, 4) is 0 Å². The van der Waals surface area contributed by atoms with E-state index >= 15 is 0 Å². The van der Waals surface area contributed by atoms with Crippen LogP contribution in [0.5, 0.6) is 0 Å². The van der Waals surface area contributed by atoms with Gasteiger partial charge < -0.3 is 10.5 Å². The van der Waals surface area contributed by atoms with E-state index in [4.69, 9.17) is 10.5 Å². The molecule has 0 heterocycles. The van der Waals surface area contributed by atoms with Crippen molar-refractivity contribution in [1.29, 1.82) is 0 Å². The van der Waals surface area contributed by atoms with Crippen molar-refractivity contribution in [2.75, 3.05) is 12.4 Å². The van der Waals surface area contributed by atoms with Crippen LogP contribution in [-0.2, 0) is 9.53 Å². The average Bonchev–Trinajstić information content (AvgIpc) is 2.53. The molecule has 2 N–H and O–H groups in total. The molecule has 0 radical (unpaired) electrons. The molecule has 0 aliphatic rings. The zero-order valence-electron chi connectivity index (χ0n) is 18.3. The van der Waals surface area contributed by atoms with Crippen molar-refractivity contribution in [1.82, 2.24) is 0 Å². The molecule has 27 heavy (non-hydrogen) atoms. The monoisotopic (exact) mass is 413 g/mol. The summed E-state index contributed by atoms with van der Waals surface area (Å²) in [5.41, 5.74) is 9.94. The molecule has 0 spiro atoms. The second-order valence-electron chi connectivity index (χ2n) is 8.18. The number of carbonyl (C=O) groups excluding carboxylic acids is 1. The number of esters is 1. The van der Waals surface area contributed by atoms with Gasteiger partial charge in [0, 0.05) is 10.5 Å². The average molecular weight is 414 g/mol. The van der Waals surface area contributed by atoms with E-state index in [9.17, 15) is 4.79 Å². The van der Waals surface area contributed by atoms with Gasteiger partial charge >= 0.3 is 5.97 Å². The standard InChI is InChI=1S/C22H39NO2S2/c1-17(2)10-8-11-18(3)12-9-13-19(4)14-15-25-21(24)20(23)16-26-27-22(5,6)7/h10,12,14,20H,8-9,11,13,15-16,23H2,1-7H3/b18-12+,19-14+/t20-/m0/s1. The van der Waals surface area contributed by atoms with Crippen LogP contribution in [0.1, 0.15) is 74.1 Å². The highest BCUT2D eigenvalue weighted by Crippen LogP contribution is 2.35. The van der Waals surface area contributed by atoms with Crippen molar-refractivity contribution in [2.24, 2.45) is 5.73 Å². The first-order chi connectivity index (χ1) is 12.5. The fourth-order valence-electron chi connectivity index (χ4n) is 2.06. The first kappa shape index (κ1) is 26.4. The van der Waals surface area contributed by atoms with Crippen molar-refractivity contribution < 1.29 is 9.53 Å². The van der Waals surface area contributed by atoms with Crippen LogP contribution in [0.2, 0.25) is 0 Å². The van der Waals surface area contributed by atoms with Crippen LogP contribution in [0.3, 0.4) is 0 Å². The fourth-order valence-corrected chi connectivity index (χ4v) is 4.47. The normalized spacial score (nSPS) is 14.1. The maximum absolute atomic E-state index is 11.9. The Morgan fingerprint density at radius 1 is 1.00 bits per heavy atom. The zero-order valence-corrected chi connectivity index (χ0v) is 19.9. The summed E-state index contributed by atoms with van der Waals surface area (Å²) < 4.78 is 5.43. The van der Waals surface area contributed by atoms with Crippen molar-refractivity contribution in [3.05, 3.63) is 34.9 Å². The van der Waals surface area contributed by atoms with Gasteiger partial charge in [-0.3, -0.25) is 4.79 Å². The van der Waals surface area contributed by atoms with E-state index in [1.165, 1.54) is 16.7 Å². The highest BCUT2D eigenvalue weighted by molar-refractivity contribution is 8.77. The summed E-state index contributed by atoms with van der Waals surface area (Å²) in [7, 11) is 3.36. The number of nitrogens with two attached hydrogens (primary N) is 1. The second-order valence-corrected chi connectivity index (χ2v) is 11.3. The smallest absolute Gasteiger partial charge is 0.324 e. The predicted octanol–water partition coefficient (Wildman–Crippen LogP) is 6.46. The number of ether oxygens (including phenoxy) is 1. The molecule has 0 aliphatic heterocycles. The Kier molecular flexibility index (Phi) is 14.0. The molecule has 0 saturated heterocycles. The van der Waals surface area contributed by atoms with Crippen LogP contribution in [0, 0.1) is 0 Å². The minimum Gasteiger partial charge on any atom is -0.460 e. The van der Waals surface area contributed by atoms with Gasteiger partial charge in [0.1, 0.15) is 12.6 Å². The molecule has 0 saturated carbocycles. The predicted molar refractivity (Wildman–Crippen MR) is 124 cm³/mol. The molecular weight excluding hydrogens is 374 g/mol. The molecule has 0 aromatic carbocycles. The van der Waals surface area contributed by atoms with E-state index < -0.39 is 6.04 Å². The van der Waals surface area contributed by atoms with Gasteiger partial charge in [0.2, 0.25) is 0 Å². The summed E-state index contributed by atoms with van der Waals surface area (Å²) in [6, 6.07) is -0.565. The van der Waals surface area contributed by atoms with Crippen LogP contribution < -0.4 is 5.73 Å². The number of hydrogen-bond donors (Lipinski definition) is 1. The quantitative estimate of drug-likeness (QED) is 0.226. The van der Waals surface area contributed by atoms with E-state index in [0.717, 1.165) is 25.7 Å². The van der Waals surface area contributed by atoms with Gasteiger partial charge in [-0.1, -0.05) is 71.2 Å². The maximum atomic E-state index is 11.9. The second kappa shape index (κ2) is 14.4. The van der Waals surface area contributed by atoms with Crippen molar-refractivity contribution in [2.45, 2.75) is 84.9 Å². The molecule has 5 heteroatoms. The third-order valence-electron chi connectivity index (χ3n) is 3.64. The lowest BCUT2D eigenvalue weighted by molar-refractivity contribution is -0.143. The van der Waals surface area contributed by atoms with E-state index in [1.807, 2.05) is 6.08 Å². The molecule has 0 amide bonds. The van der Waals surface area contributed by atoms with Gasteiger partial charge in [0.15, 0.2) is 0 Å². The molecule has 0 rings (SSSR count). The number of carbonyl (C=O) groups is 1. The van der Waals surface area contributed by atoms with E-state index in [0.29, 0.717) is 12.4 Å². The van der Waals surface area contributed by atoms with Crippen molar-refractivity contribution >= 4 is 27.6 Å². The molecule has 1 atom stereocenters. The topological polar surface area (TPSA) is 52.3 Å². The number of hydrogen-bond acceptors (Lipinski definition) is 5. The molecule has 0 aromatic heterocycles. The highest BCUT2D eigenvalue weighted by atomic mass is 33.1. The van der Waals surface area contributed by atoms with Crippen LogP contribution in [0.4, 0.5) is 0 Å². The lowest BCUT2D eigenvalue weighted by Gasteiger charge is -2.17. The lowest BCUT2D eigenvalue weighted by Crippen LogP contribution is -2.34. The Balaban J connectivity index is 4.03. The maximum Gasteiger partial charge on any atom is 0.324 e. The van der Waals surface area contributed by atoms with Gasteiger partial charge in [0.05, 0.1) is 0 Å². The minimum absolute atomic E-state index is 0.159. The first-order valence-electron chi connectivity index (χ1n) is 9.68. The fraction of sp³-hybridized carbons (Fsp3) is 0.682. The molecule has 0 bridgehead atoms. The summed E-state index contributed by atoms with van der Waals surface area (Å²) in [5, 5.41) is 0. The molecule has 3 nitrogen and oxygen atoms in total. The summed E-state index contributed by atoms with van der Waals surface area (Å²) in [6.45, 7) is 15.3. The Bertz CT molecular complexity index is 527. The summed E-state index contributed by atoms with van der Waals surface area (Å²) in [4.78, 5) is 11.9. The van der Waals surface area contributed by atoms with Crippen LogP contribution in [0.15, 0.2) is 34.9 Å². The van der Waals surface area contributed by atoms with Crippen LogP contribution in [-0.4, -0.2) is 29.1 Å². The number of allylic oxidation sites excluding steroid dienone is 5. The van der Waals surface area contributed by atoms with Gasteiger partial charge in [-0.05, 0) is 59.5 Å². The summed E-state index contributed by atoms with van der Waals surface area (Å²) in [5.74, 6) is 0.247. The number of rotatable bonds is 12. The lowest BCUT2D eigenvalue weighted by atomic mass is 10.1.